The number of hydrogen-bond donors (Lipinski definition) is 2. The summed E-state index contributed by atoms with van der Waals surface area (Å²) in [4.78, 5) is 16.4. The SMILES string of the molecule is CC(NC(=O)C1CC2CCCC(C1)C2N)c1ncon1. The Bertz CT molecular complexity index is 448. The number of amides is 1. The van der Waals surface area contributed by atoms with Gasteiger partial charge >= 0.3 is 0 Å². The Kier molecular flexibility index (Phi) is 3.74. The molecule has 3 atom stereocenters. The molecule has 1 amide bonds. The summed E-state index contributed by atoms with van der Waals surface area (Å²) in [6.45, 7) is 1.87. The maximum Gasteiger partial charge on any atom is 0.223 e. The van der Waals surface area contributed by atoms with Gasteiger partial charge in [0.1, 0.15) is 0 Å². The van der Waals surface area contributed by atoms with Gasteiger partial charge in [-0.25, -0.2) is 0 Å². The van der Waals surface area contributed by atoms with Crippen molar-refractivity contribution < 1.29 is 9.32 Å². The standard InChI is InChI=1S/C14H22N4O2/c1-8(13-16-7-20-18-13)17-14(19)11-5-9-3-2-4-10(6-11)12(9)15/h7-12H,2-6,15H2,1H3,(H,17,19). The third-order valence-corrected chi connectivity index (χ3v) is 4.91. The van der Waals surface area contributed by atoms with Gasteiger partial charge in [0.05, 0.1) is 6.04 Å². The summed E-state index contributed by atoms with van der Waals surface area (Å²) < 4.78 is 4.71. The van der Waals surface area contributed by atoms with Gasteiger partial charge in [0.2, 0.25) is 12.3 Å². The monoisotopic (exact) mass is 278 g/mol. The van der Waals surface area contributed by atoms with E-state index in [-0.39, 0.29) is 17.9 Å². The van der Waals surface area contributed by atoms with Crippen molar-refractivity contribution in [2.45, 2.75) is 51.1 Å². The topological polar surface area (TPSA) is 94.0 Å². The number of hydrogen-bond acceptors (Lipinski definition) is 5. The largest absolute Gasteiger partial charge is 0.346 e. The summed E-state index contributed by atoms with van der Waals surface area (Å²) in [5.74, 6) is 1.73. The molecule has 0 radical (unpaired) electrons. The zero-order valence-corrected chi connectivity index (χ0v) is 11.8. The second kappa shape index (κ2) is 5.52. The van der Waals surface area contributed by atoms with Crippen LogP contribution in [0.5, 0.6) is 0 Å². The van der Waals surface area contributed by atoms with Crippen LogP contribution in [0.25, 0.3) is 0 Å². The van der Waals surface area contributed by atoms with Crippen LogP contribution in [0, 0.1) is 17.8 Å². The van der Waals surface area contributed by atoms with E-state index in [9.17, 15) is 4.79 Å². The lowest BCUT2D eigenvalue weighted by Gasteiger charge is -2.43. The van der Waals surface area contributed by atoms with Crippen molar-refractivity contribution in [3.8, 4) is 0 Å². The van der Waals surface area contributed by atoms with Gasteiger partial charge in [-0.1, -0.05) is 11.6 Å². The van der Waals surface area contributed by atoms with E-state index in [1.54, 1.807) is 0 Å². The summed E-state index contributed by atoms with van der Waals surface area (Å²) >= 11 is 0. The predicted molar refractivity (Wildman–Crippen MR) is 72.4 cm³/mol. The first-order valence-electron chi connectivity index (χ1n) is 7.47. The van der Waals surface area contributed by atoms with E-state index in [1.807, 2.05) is 6.92 Å². The Morgan fingerprint density at radius 3 is 2.75 bits per heavy atom. The van der Waals surface area contributed by atoms with Crippen LogP contribution >= 0.6 is 0 Å². The van der Waals surface area contributed by atoms with Gasteiger partial charge in [0, 0.05) is 12.0 Å². The van der Waals surface area contributed by atoms with Crippen molar-refractivity contribution in [1.29, 1.82) is 0 Å². The maximum absolute atomic E-state index is 12.4. The van der Waals surface area contributed by atoms with Gasteiger partial charge in [-0.15, -0.1) is 0 Å². The number of aromatic nitrogens is 2. The van der Waals surface area contributed by atoms with Crippen molar-refractivity contribution in [1.82, 2.24) is 15.5 Å². The van der Waals surface area contributed by atoms with Crippen molar-refractivity contribution in [3.63, 3.8) is 0 Å². The highest BCUT2D eigenvalue weighted by molar-refractivity contribution is 5.79. The average Bonchev–Trinajstić information content (AvgIpc) is 2.92. The van der Waals surface area contributed by atoms with E-state index in [2.05, 4.69) is 15.5 Å². The lowest BCUT2D eigenvalue weighted by atomic mass is 9.65. The van der Waals surface area contributed by atoms with E-state index in [1.165, 1.54) is 25.7 Å². The number of rotatable bonds is 3. The smallest absolute Gasteiger partial charge is 0.223 e. The van der Waals surface area contributed by atoms with Crippen LogP contribution in [0.1, 0.15) is 50.9 Å². The van der Waals surface area contributed by atoms with E-state index < -0.39 is 0 Å². The second-order valence-electron chi connectivity index (χ2n) is 6.22. The molecule has 20 heavy (non-hydrogen) atoms. The lowest BCUT2D eigenvalue weighted by Crippen LogP contribution is -2.49. The molecule has 0 aromatic carbocycles. The molecular weight excluding hydrogens is 256 g/mol. The highest BCUT2D eigenvalue weighted by Crippen LogP contribution is 2.42. The number of nitrogens with one attached hydrogen (secondary N) is 1. The van der Waals surface area contributed by atoms with Crippen LogP contribution in [0.4, 0.5) is 0 Å². The van der Waals surface area contributed by atoms with Gasteiger partial charge in [0.15, 0.2) is 5.82 Å². The molecule has 2 aliphatic carbocycles. The molecule has 1 aromatic rings. The summed E-state index contributed by atoms with van der Waals surface area (Å²) in [7, 11) is 0. The third kappa shape index (κ3) is 2.57. The van der Waals surface area contributed by atoms with Crippen LogP contribution in [0.2, 0.25) is 0 Å². The minimum atomic E-state index is -0.211. The van der Waals surface area contributed by atoms with Gasteiger partial charge < -0.3 is 15.6 Å². The van der Waals surface area contributed by atoms with Gasteiger partial charge in [-0.05, 0) is 44.4 Å². The summed E-state index contributed by atoms with van der Waals surface area (Å²) in [5.41, 5.74) is 6.26. The quantitative estimate of drug-likeness (QED) is 0.871. The van der Waals surface area contributed by atoms with Crippen molar-refractivity contribution in [2.75, 3.05) is 0 Å². The highest BCUT2D eigenvalue weighted by Gasteiger charge is 2.40. The molecule has 2 aliphatic rings. The van der Waals surface area contributed by atoms with Crippen LogP contribution in [-0.2, 0) is 4.79 Å². The van der Waals surface area contributed by atoms with Crippen molar-refractivity contribution in [2.24, 2.45) is 23.5 Å². The molecule has 3 N–H and O–H groups in total. The average molecular weight is 278 g/mol. The number of carbonyl (C=O) groups excluding carboxylic acids is 1. The third-order valence-electron chi connectivity index (χ3n) is 4.91. The number of carbonyl (C=O) groups is 1. The van der Waals surface area contributed by atoms with E-state index in [0.717, 1.165) is 12.8 Å². The molecule has 110 valence electrons. The molecule has 2 fully saturated rings. The molecule has 2 bridgehead atoms. The van der Waals surface area contributed by atoms with Crippen molar-refractivity contribution in [3.05, 3.63) is 12.2 Å². The molecule has 2 saturated carbocycles. The fraction of sp³-hybridized carbons (Fsp3) is 0.786. The number of nitrogens with two attached hydrogens (primary N) is 1. The molecule has 0 saturated heterocycles. The Hall–Kier alpha value is -1.43. The Labute approximate surface area is 118 Å². The van der Waals surface area contributed by atoms with Gasteiger partial charge in [0.25, 0.3) is 0 Å². The maximum atomic E-state index is 12.4. The van der Waals surface area contributed by atoms with E-state index >= 15 is 0 Å². The minimum Gasteiger partial charge on any atom is -0.346 e. The van der Waals surface area contributed by atoms with Crippen LogP contribution < -0.4 is 11.1 Å². The van der Waals surface area contributed by atoms with E-state index in [4.69, 9.17) is 10.3 Å². The summed E-state index contributed by atoms with van der Waals surface area (Å²) in [6.07, 6.45) is 6.72. The first-order valence-corrected chi connectivity index (χ1v) is 7.47. The number of fused-ring (bicyclic) bond motifs is 2. The highest BCUT2D eigenvalue weighted by atomic mass is 16.5. The Balaban J connectivity index is 1.60. The molecule has 0 aliphatic heterocycles. The molecular formula is C14H22N4O2. The van der Waals surface area contributed by atoms with Crippen LogP contribution in [0.3, 0.4) is 0 Å². The molecule has 3 unspecified atom stereocenters. The lowest BCUT2D eigenvalue weighted by molar-refractivity contribution is -0.128. The minimum absolute atomic E-state index is 0.0828. The molecule has 6 nitrogen and oxygen atoms in total. The predicted octanol–water partition coefficient (Wildman–Crippen LogP) is 1.40. The van der Waals surface area contributed by atoms with Crippen LogP contribution in [0.15, 0.2) is 10.9 Å². The summed E-state index contributed by atoms with van der Waals surface area (Å²) in [5, 5.41) is 6.75. The fourth-order valence-electron chi connectivity index (χ4n) is 3.77. The van der Waals surface area contributed by atoms with E-state index in [0.29, 0.717) is 23.7 Å². The number of nitrogens with zero attached hydrogens (tertiary/aromatic N) is 2. The first-order chi connectivity index (χ1) is 9.65. The zero-order valence-electron chi connectivity index (χ0n) is 11.8. The summed E-state index contributed by atoms with van der Waals surface area (Å²) in [6, 6.07) is 0.0825. The molecule has 3 rings (SSSR count). The zero-order chi connectivity index (χ0) is 14.1. The Morgan fingerprint density at radius 2 is 2.15 bits per heavy atom. The Morgan fingerprint density at radius 1 is 1.45 bits per heavy atom. The van der Waals surface area contributed by atoms with Gasteiger partial charge in [-0.2, -0.15) is 4.98 Å². The molecule has 6 heteroatoms. The van der Waals surface area contributed by atoms with Gasteiger partial charge in [-0.3, -0.25) is 4.79 Å². The first kappa shape index (κ1) is 13.5. The van der Waals surface area contributed by atoms with Crippen LogP contribution in [-0.4, -0.2) is 22.1 Å². The van der Waals surface area contributed by atoms with Crippen molar-refractivity contribution >= 4 is 5.91 Å². The molecule has 1 heterocycles. The molecule has 1 aromatic heterocycles. The normalized spacial score (nSPS) is 34.5. The fourth-order valence-corrected chi connectivity index (χ4v) is 3.77. The molecule has 0 spiro atoms. The second-order valence-corrected chi connectivity index (χ2v) is 6.22.